The zero-order valence-corrected chi connectivity index (χ0v) is 9.80. The Balaban J connectivity index is 2.42. The number of hydrogen-bond acceptors (Lipinski definition) is 1. The molecule has 0 aliphatic rings. The quantitative estimate of drug-likeness (QED) is 0.546. The minimum atomic E-state index is -0.156. The molecule has 0 saturated carbocycles. The van der Waals surface area contributed by atoms with Gasteiger partial charge in [0.05, 0.1) is 0 Å². The number of rotatable bonds is 5. The average Bonchev–Trinajstić information content (AvgIpc) is 2.15. The number of benzene rings is 1. The topological polar surface area (TPSA) is 0 Å². The molecule has 0 saturated heterocycles. The molecule has 0 aromatic heterocycles. The first-order valence-electron chi connectivity index (χ1n) is 4.63. The SMILES string of the molecule is Cc1cc(F)ccc1CSCCCCl. The van der Waals surface area contributed by atoms with E-state index in [-0.39, 0.29) is 5.82 Å². The monoisotopic (exact) mass is 232 g/mol. The third kappa shape index (κ3) is 3.89. The van der Waals surface area contributed by atoms with Crippen molar-refractivity contribution in [2.24, 2.45) is 0 Å². The molecular formula is C11H14ClFS. The fourth-order valence-electron chi connectivity index (χ4n) is 1.16. The Hall–Kier alpha value is -0.210. The summed E-state index contributed by atoms with van der Waals surface area (Å²) >= 11 is 7.42. The van der Waals surface area contributed by atoms with Gasteiger partial charge in [-0.15, -0.1) is 11.6 Å². The van der Waals surface area contributed by atoms with Crippen LogP contribution in [0.3, 0.4) is 0 Å². The lowest BCUT2D eigenvalue weighted by Gasteiger charge is -2.04. The summed E-state index contributed by atoms with van der Waals surface area (Å²) < 4.78 is 12.8. The lowest BCUT2D eigenvalue weighted by molar-refractivity contribution is 0.626. The minimum Gasteiger partial charge on any atom is -0.207 e. The molecular weight excluding hydrogens is 219 g/mol. The van der Waals surface area contributed by atoms with E-state index >= 15 is 0 Å². The molecule has 1 rings (SSSR count). The smallest absolute Gasteiger partial charge is 0.123 e. The zero-order valence-electron chi connectivity index (χ0n) is 8.22. The summed E-state index contributed by atoms with van der Waals surface area (Å²) in [4.78, 5) is 0. The Morgan fingerprint density at radius 2 is 2.21 bits per heavy atom. The Morgan fingerprint density at radius 1 is 1.43 bits per heavy atom. The van der Waals surface area contributed by atoms with Gasteiger partial charge in [-0.3, -0.25) is 0 Å². The minimum absolute atomic E-state index is 0.156. The zero-order chi connectivity index (χ0) is 10.4. The highest BCUT2D eigenvalue weighted by Crippen LogP contribution is 2.17. The van der Waals surface area contributed by atoms with E-state index in [1.807, 2.05) is 24.8 Å². The van der Waals surface area contributed by atoms with Crippen molar-refractivity contribution in [3.63, 3.8) is 0 Å². The molecule has 0 atom stereocenters. The summed E-state index contributed by atoms with van der Waals surface area (Å²) in [6, 6.07) is 4.96. The summed E-state index contributed by atoms with van der Waals surface area (Å²) in [5, 5.41) is 0. The van der Waals surface area contributed by atoms with E-state index in [0.29, 0.717) is 0 Å². The van der Waals surface area contributed by atoms with Crippen LogP contribution in [0, 0.1) is 12.7 Å². The van der Waals surface area contributed by atoms with Gasteiger partial charge in [-0.1, -0.05) is 6.07 Å². The fraction of sp³-hybridized carbons (Fsp3) is 0.455. The molecule has 0 N–H and O–H groups in total. The second kappa shape index (κ2) is 6.31. The van der Waals surface area contributed by atoms with Gasteiger partial charge < -0.3 is 0 Å². The van der Waals surface area contributed by atoms with E-state index in [4.69, 9.17) is 11.6 Å². The first-order chi connectivity index (χ1) is 6.74. The van der Waals surface area contributed by atoms with Crippen molar-refractivity contribution in [3.05, 3.63) is 35.1 Å². The fourth-order valence-corrected chi connectivity index (χ4v) is 2.49. The second-order valence-corrected chi connectivity index (χ2v) is 4.65. The highest BCUT2D eigenvalue weighted by Gasteiger charge is 1.99. The summed E-state index contributed by atoms with van der Waals surface area (Å²) in [6.45, 7) is 1.94. The maximum absolute atomic E-state index is 12.8. The number of hydrogen-bond donors (Lipinski definition) is 0. The second-order valence-electron chi connectivity index (χ2n) is 3.17. The van der Waals surface area contributed by atoms with E-state index in [9.17, 15) is 4.39 Å². The molecule has 3 heteroatoms. The maximum Gasteiger partial charge on any atom is 0.123 e. The standard InChI is InChI=1S/C11H14ClFS/c1-9-7-11(13)4-3-10(9)8-14-6-2-5-12/h3-4,7H,2,5-6,8H2,1H3. The molecule has 0 unspecified atom stereocenters. The third-order valence-electron chi connectivity index (χ3n) is 1.98. The van der Waals surface area contributed by atoms with Crippen molar-refractivity contribution in [2.45, 2.75) is 19.1 Å². The maximum atomic E-state index is 12.8. The van der Waals surface area contributed by atoms with Crippen LogP contribution in [0.25, 0.3) is 0 Å². The lowest BCUT2D eigenvalue weighted by atomic mass is 10.1. The number of aryl methyl sites for hydroxylation is 1. The van der Waals surface area contributed by atoms with Gasteiger partial charge in [-0.25, -0.2) is 4.39 Å². The molecule has 1 aromatic carbocycles. The molecule has 14 heavy (non-hydrogen) atoms. The summed E-state index contributed by atoms with van der Waals surface area (Å²) in [5.41, 5.74) is 2.24. The van der Waals surface area contributed by atoms with Gasteiger partial charge in [0, 0.05) is 11.6 Å². The summed E-state index contributed by atoms with van der Waals surface area (Å²) in [5.74, 6) is 2.58. The van der Waals surface area contributed by atoms with E-state index in [2.05, 4.69) is 0 Å². The van der Waals surface area contributed by atoms with E-state index < -0.39 is 0 Å². The molecule has 0 spiro atoms. The van der Waals surface area contributed by atoms with Crippen LogP contribution in [-0.2, 0) is 5.75 Å². The molecule has 0 fully saturated rings. The van der Waals surface area contributed by atoms with Crippen molar-refractivity contribution < 1.29 is 4.39 Å². The molecule has 0 aliphatic heterocycles. The molecule has 0 bridgehead atoms. The van der Waals surface area contributed by atoms with Crippen molar-refractivity contribution >= 4 is 23.4 Å². The van der Waals surface area contributed by atoms with Crippen LogP contribution in [0.5, 0.6) is 0 Å². The van der Waals surface area contributed by atoms with Crippen molar-refractivity contribution in [3.8, 4) is 0 Å². The van der Waals surface area contributed by atoms with Crippen LogP contribution in [0.4, 0.5) is 4.39 Å². The molecule has 0 amide bonds. The summed E-state index contributed by atoms with van der Waals surface area (Å²) in [6.07, 6.45) is 1.03. The number of thioether (sulfide) groups is 1. The van der Waals surface area contributed by atoms with Gasteiger partial charge in [-0.2, -0.15) is 11.8 Å². The molecule has 0 heterocycles. The van der Waals surface area contributed by atoms with Gasteiger partial charge >= 0.3 is 0 Å². The van der Waals surface area contributed by atoms with Crippen LogP contribution < -0.4 is 0 Å². The highest BCUT2D eigenvalue weighted by atomic mass is 35.5. The normalized spacial score (nSPS) is 10.5. The largest absolute Gasteiger partial charge is 0.207 e. The molecule has 78 valence electrons. The first kappa shape index (κ1) is 11.9. The highest BCUT2D eigenvalue weighted by molar-refractivity contribution is 7.98. The van der Waals surface area contributed by atoms with Gasteiger partial charge in [0.15, 0.2) is 0 Å². The van der Waals surface area contributed by atoms with E-state index in [1.165, 1.54) is 11.6 Å². The van der Waals surface area contributed by atoms with Crippen molar-refractivity contribution in [1.29, 1.82) is 0 Å². The van der Waals surface area contributed by atoms with Gasteiger partial charge in [-0.05, 0) is 42.4 Å². The molecule has 1 aromatic rings. The van der Waals surface area contributed by atoms with Gasteiger partial charge in [0.25, 0.3) is 0 Å². The van der Waals surface area contributed by atoms with Gasteiger partial charge in [0.2, 0.25) is 0 Å². The van der Waals surface area contributed by atoms with Crippen molar-refractivity contribution in [1.82, 2.24) is 0 Å². The predicted molar refractivity (Wildman–Crippen MR) is 62.6 cm³/mol. The molecule has 0 nitrogen and oxygen atoms in total. The van der Waals surface area contributed by atoms with Crippen LogP contribution in [-0.4, -0.2) is 11.6 Å². The first-order valence-corrected chi connectivity index (χ1v) is 6.31. The summed E-state index contributed by atoms with van der Waals surface area (Å²) in [7, 11) is 0. The Kier molecular flexibility index (Phi) is 5.34. The van der Waals surface area contributed by atoms with Crippen LogP contribution >= 0.6 is 23.4 Å². The van der Waals surface area contributed by atoms with Crippen LogP contribution in [0.1, 0.15) is 17.5 Å². The Labute approximate surface area is 93.8 Å². The Bertz CT molecular complexity index is 289. The van der Waals surface area contributed by atoms with E-state index in [0.717, 1.165) is 29.4 Å². The van der Waals surface area contributed by atoms with Crippen LogP contribution in [0.15, 0.2) is 18.2 Å². The van der Waals surface area contributed by atoms with Crippen molar-refractivity contribution in [2.75, 3.05) is 11.6 Å². The predicted octanol–water partition coefficient (Wildman–Crippen LogP) is 4.00. The van der Waals surface area contributed by atoms with Gasteiger partial charge in [0.1, 0.15) is 5.82 Å². The average molecular weight is 233 g/mol. The van der Waals surface area contributed by atoms with Crippen LogP contribution in [0.2, 0.25) is 0 Å². The molecule has 0 aliphatic carbocycles. The number of halogens is 2. The number of alkyl halides is 1. The van der Waals surface area contributed by atoms with E-state index in [1.54, 1.807) is 6.07 Å². The lowest BCUT2D eigenvalue weighted by Crippen LogP contribution is -1.89. The third-order valence-corrected chi connectivity index (χ3v) is 3.34. The Morgan fingerprint density at radius 3 is 2.86 bits per heavy atom. The molecule has 0 radical (unpaired) electrons.